The molecule has 89 heavy (non-hydrogen) atoms. The van der Waals surface area contributed by atoms with Gasteiger partial charge in [0.05, 0.1) is 26.4 Å². The summed E-state index contributed by atoms with van der Waals surface area (Å²) < 4.78 is 68.2. The molecule has 0 aliphatic carbocycles. The van der Waals surface area contributed by atoms with Crippen molar-refractivity contribution in [3.63, 3.8) is 0 Å². The van der Waals surface area contributed by atoms with Crippen LogP contribution in [0.5, 0.6) is 0 Å². The third-order valence-corrected chi connectivity index (χ3v) is 18.7. The van der Waals surface area contributed by atoms with Crippen molar-refractivity contribution in [2.24, 2.45) is 23.7 Å². The van der Waals surface area contributed by atoms with Crippen molar-refractivity contribution < 1.29 is 80.2 Å². The molecule has 0 heterocycles. The third kappa shape index (κ3) is 62.0. The van der Waals surface area contributed by atoms with E-state index < -0.39 is 97.5 Å². The van der Waals surface area contributed by atoms with Crippen LogP contribution in [0.25, 0.3) is 0 Å². The Morgan fingerprint density at radius 2 is 0.539 bits per heavy atom. The maximum absolute atomic E-state index is 13.0. The maximum Gasteiger partial charge on any atom is 0.472 e. The summed E-state index contributed by atoms with van der Waals surface area (Å²) in [6, 6.07) is 0. The van der Waals surface area contributed by atoms with E-state index in [1.807, 2.05) is 0 Å². The van der Waals surface area contributed by atoms with Gasteiger partial charge in [0.1, 0.15) is 19.3 Å². The maximum atomic E-state index is 13.0. The Labute approximate surface area is 543 Å². The van der Waals surface area contributed by atoms with Gasteiger partial charge in [-0.15, -0.1) is 0 Å². The Bertz CT molecular complexity index is 1770. The number of esters is 4. The van der Waals surface area contributed by atoms with E-state index in [4.69, 9.17) is 37.0 Å². The number of carbonyl (C=O) groups is 4. The monoisotopic (exact) mass is 1310 g/mol. The van der Waals surface area contributed by atoms with Gasteiger partial charge in [0.15, 0.2) is 12.2 Å². The van der Waals surface area contributed by atoms with Crippen molar-refractivity contribution >= 4 is 39.5 Å². The van der Waals surface area contributed by atoms with Crippen LogP contribution in [-0.4, -0.2) is 96.7 Å². The van der Waals surface area contributed by atoms with Crippen LogP contribution in [-0.2, 0) is 65.4 Å². The molecular formula is C70H136O17P2. The number of aliphatic hydroxyl groups is 1. The standard InChI is InChI=1S/C70H136O17P2/c1-9-62(7)48-40-32-26-28-35-43-51-68(73)81-57-65(86-69(74)52-44-36-25-21-20-23-31-39-47-61(5)6)58-84-88(76,77)82-54-64(71)55-83-89(78,79)85-59-66(87-70(75)53-45-37-29-27-33-41-49-63(8)10-2)56-80-67(72)50-42-34-24-19-17-15-13-11-12-14-16-18-22-30-38-46-60(3)4/h60-66,71H,9-59H2,1-8H3,(H,76,77)(H,78,79)/t62?,63?,64-,65+,66+/m0/s1. The molecule has 7 atom stereocenters. The highest BCUT2D eigenvalue weighted by atomic mass is 31.2. The predicted molar refractivity (Wildman–Crippen MR) is 358 cm³/mol. The van der Waals surface area contributed by atoms with E-state index in [0.29, 0.717) is 25.7 Å². The molecular weight excluding hydrogens is 1170 g/mol. The van der Waals surface area contributed by atoms with Crippen LogP contribution < -0.4 is 0 Å². The van der Waals surface area contributed by atoms with Gasteiger partial charge in [-0.05, 0) is 49.4 Å². The highest BCUT2D eigenvalue weighted by Crippen LogP contribution is 2.45. The molecule has 0 aliphatic heterocycles. The van der Waals surface area contributed by atoms with Crippen LogP contribution >= 0.6 is 15.6 Å². The van der Waals surface area contributed by atoms with Gasteiger partial charge in [-0.1, -0.05) is 293 Å². The van der Waals surface area contributed by atoms with Crippen LogP contribution in [0.2, 0.25) is 0 Å². The normalized spacial score (nSPS) is 14.9. The SMILES string of the molecule is CCC(C)CCCCCCCCC(=O)OC[C@H](COP(=O)(O)OC[C@H](O)COP(=O)(O)OC[C@@H](COC(=O)CCCCCCCCCCCCCCCCCC(C)C)OC(=O)CCCCCCCCC(C)CC)OC(=O)CCCCCCCCCCC(C)C. The molecule has 3 N–H and O–H groups in total. The zero-order chi connectivity index (χ0) is 66.1. The first kappa shape index (κ1) is 87.1. The predicted octanol–water partition coefficient (Wildman–Crippen LogP) is 19.7. The summed E-state index contributed by atoms with van der Waals surface area (Å²) in [7, 11) is -9.90. The number of carbonyl (C=O) groups excluding carboxylic acids is 4. The molecule has 17 nitrogen and oxygen atoms in total. The Morgan fingerprint density at radius 3 is 0.798 bits per heavy atom. The number of unbranched alkanes of at least 4 members (excludes halogenated alkanes) is 31. The lowest BCUT2D eigenvalue weighted by Gasteiger charge is -2.21. The van der Waals surface area contributed by atoms with Gasteiger partial charge in [0, 0.05) is 25.7 Å². The summed E-state index contributed by atoms with van der Waals surface area (Å²) in [4.78, 5) is 72.5. The fourth-order valence-corrected chi connectivity index (χ4v) is 12.0. The van der Waals surface area contributed by atoms with E-state index in [9.17, 15) is 43.2 Å². The molecule has 0 spiro atoms. The summed E-state index contributed by atoms with van der Waals surface area (Å²) in [5, 5.41) is 10.6. The summed E-state index contributed by atoms with van der Waals surface area (Å²) in [5.74, 6) is 0.841. The van der Waals surface area contributed by atoms with Gasteiger partial charge in [-0.25, -0.2) is 9.13 Å². The van der Waals surface area contributed by atoms with Crippen molar-refractivity contribution in [2.75, 3.05) is 39.6 Å². The van der Waals surface area contributed by atoms with Crippen molar-refractivity contribution in [3.05, 3.63) is 0 Å². The Hall–Kier alpha value is -1.94. The van der Waals surface area contributed by atoms with Gasteiger partial charge in [-0.3, -0.25) is 37.3 Å². The summed E-state index contributed by atoms with van der Waals surface area (Å²) in [5.41, 5.74) is 0. The molecule has 0 aliphatic rings. The highest BCUT2D eigenvalue weighted by Gasteiger charge is 2.30. The third-order valence-electron chi connectivity index (χ3n) is 16.8. The zero-order valence-corrected chi connectivity index (χ0v) is 59.8. The number of phosphoric ester groups is 2. The number of hydrogen-bond donors (Lipinski definition) is 3. The van der Waals surface area contributed by atoms with Crippen LogP contribution in [0, 0.1) is 23.7 Å². The molecule has 0 saturated heterocycles. The first-order chi connectivity index (χ1) is 42.7. The Morgan fingerprint density at radius 1 is 0.315 bits per heavy atom. The number of ether oxygens (including phenoxy) is 4. The summed E-state index contributed by atoms with van der Waals surface area (Å²) >= 11 is 0. The minimum absolute atomic E-state index is 0.103. The quantitative estimate of drug-likeness (QED) is 0.0222. The number of hydrogen-bond acceptors (Lipinski definition) is 15. The minimum atomic E-state index is -4.95. The molecule has 4 unspecified atom stereocenters. The lowest BCUT2D eigenvalue weighted by atomic mass is 10.00. The van der Waals surface area contributed by atoms with Crippen LogP contribution in [0.4, 0.5) is 0 Å². The molecule has 0 radical (unpaired) electrons. The van der Waals surface area contributed by atoms with Gasteiger partial charge < -0.3 is 33.8 Å². The first-order valence-corrected chi connectivity index (χ1v) is 39.3. The van der Waals surface area contributed by atoms with Crippen molar-refractivity contribution in [1.29, 1.82) is 0 Å². The van der Waals surface area contributed by atoms with E-state index in [0.717, 1.165) is 120 Å². The summed E-state index contributed by atoms with van der Waals surface area (Å²) in [6.45, 7) is 14.0. The smallest absolute Gasteiger partial charge is 0.462 e. The molecule has 0 bridgehead atoms. The largest absolute Gasteiger partial charge is 0.472 e. The topological polar surface area (TPSA) is 237 Å². The average molecular weight is 1310 g/mol. The second-order valence-corrected chi connectivity index (χ2v) is 29.6. The molecule has 0 saturated carbocycles. The molecule has 0 rings (SSSR count). The van der Waals surface area contributed by atoms with Gasteiger partial charge in [-0.2, -0.15) is 0 Å². The van der Waals surface area contributed by atoms with Gasteiger partial charge >= 0.3 is 39.5 Å². The number of aliphatic hydroxyl groups excluding tert-OH is 1. The van der Waals surface area contributed by atoms with Crippen molar-refractivity contribution in [1.82, 2.24) is 0 Å². The fraction of sp³-hybridized carbons (Fsp3) is 0.943. The zero-order valence-electron chi connectivity index (χ0n) is 58.1. The molecule has 528 valence electrons. The first-order valence-electron chi connectivity index (χ1n) is 36.3. The van der Waals surface area contributed by atoms with Gasteiger partial charge in [0.25, 0.3) is 0 Å². The second-order valence-electron chi connectivity index (χ2n) is 26.7. The van der Waals surface area contributed by atoms with Gasteiger partial charge in [0.2, 0.25) is 0 Å². The highest BCUT2D eigenvalue weighted by molar-refractivity contribution is 7.47. The molecule has 0 aromatic heterocycles. The van der Waals surface area contributed by atoms with Crippen molar-refractivity contribution in [2.45, 2.75) is 363 Å². The molecule has 0 fully saturated rings. The fourth-order valence-electron chi connectivity index (χ4n) is 10.4. The van der Waals surface area contributed by atoms with E-state index in [1.165, 1.54) is 141 Å². The summed E-state index contributed by atoms with van der Waals surface area (Å²) in [6.07, 6.45) is 41.9. The molecule has 0 aromatic rings. The lowest BCUT2D eigenvalue weighted by Crippen LogP contribution is -2.30. The van der Waals surface area contributed by atoms with E-state index in [2.05, 4.69) is 55.4 Å². The van der Waals surface area contributed by atoms with Crippen LogP contribution in [0.15, 0.2) is 0 Å². The number of rotatable bonds is 67. The average Bonchev–Trinajstić information content (AvgIpc) is 3.59. The van der Waals surface area contributed by atoms with Crippen LogP contribution in [0.3, 0.4) is 0 Å². The van der Waals surface area contributed by atoms with E-state index in [-0.39, 0.29) is 25.7 Å². The van der Waals surface area contributed by atoms with Crippen molar-refractivity contribution in [3.8, 4) is 0 Å². The molecule has 19 heteroatoms. The molecule has 0 aromatic carbocycles. The van der Waals surface area contributed by atoms with E-state index in [1.54, 1.807) is 0 Å². The minimum Gasteiger partial charge on any atom is -0.462 e. The second kappa shape index (κ2) is 59.8. The lowest BCUT2D eigenvalue weighted by molar-refractivity contribution is -0.161. The molecule has 0 amide bonds. The Balaban J connectivity index is 5.19. The Kier molecular flexibility index (Phi) is 58.5. The van der Waals surface area contributed by atoms with E-state index >= 15 is 0 Å². The van der Waals surface area contributed by atoms with Crippen LogP contribution in [0.1, 0.15) is 344 Å². The number of phosphoric acid groups is 2.